The first-order valence-electron chi connectivity index (χ1n) is 8.96. The highest BCUT2D eigenvalue weighted by Gasteiger charge is 2.44. The number of halogens is 4. The van der Waals surface area contributed by atoms with Gasteiger partial charge < -0.3 is 21.1 Å². The van der Waals surface area contributed by atoms with E-state index in [-0.39, 0.29) is 5.84 Å². The Kier molecular flexibility index (Phi) is 7.56. The molecular formula is C20H20F4N4O3. The van der Waals surface area contributed by atoms with Gasteiger partial charge in [-0.25, -0.2) is 0 Å². The van der Waals surface area contributed by atoms with Gasteiger partial charge in [0.05, 0.1) is 6.04 Å². The molecule has 0 spiro atoms. The van der Waals surface area contributed by atoms with Crippen LogP contribution in [-0.2, 0) is 9.59 Å². The van der Waals surface area contributed by atoms with E-state index in [1.807, 2.05) is 0 Å². The largest absolute Gasteiger partial charge is 0.461 e. The molecule has 2 amide bonds. The molecule has 2 rings (SSSR count). The summed E-state index contributed by atoms with van der Waals surface area (Å²) in [6.07, 6.45) is -9.16. The van der Waals surface area contributed by atoms with Crippen molar-refractivity contribution in [3.05, 3.63) is 59.7 Å². The summed E-state index contributed by atoms with van der Waals surface area (Å²) in [5, 5.41) is 12.3. The number of anilines is 1. The van der Waals surface area contributed by atoms with Crippen LogP contribution >= 0.6 is 0 Å². The fourth-order valence-electron chi connectivity index (χ4n) is 2.51. The minimum absolute atomic E-state index is 0.126. The number of alkyl halides is 4. The van der Waals surface area contributed by atoms with E-state index < -0.39 is 42.6 Å². The predicted molar refractivity (Wildman–Crippen MR) is 105 cm³/mol. The van der Waals surface area contributed by atoms with Crippen LogP contribution in [0.1, 0.15) is 30.5 Å². The molecule has 0 aromatic heterocycles. The lowest BCUT2D eigenvalue weighted by molar-refractivity contribution is -0.253. The Morgan fingerprint density at radius 2 is 1.77 bits per heavy atom. The second-order valence-corrected chi connectivity index (χ2v) is 6.54. The Morgan fingerprint density at radius 1 is 1.13 bits per heavy atom. The average molecular weight is 440 g/mol. The number of nitrogens with one attached hydrogen (secondary N) is 3. The molecule has 2 aromatic carbocycles. The second-order valence-electron chi connectivity index (χ2n) is 6.54. The Hall–Kier alpha value is -3.63. The summed E-state index contributed by atoms with van der Waals surface area (Å²) in [6.45, 7) is 1.53. The number of carbonyl (C=O) groups is 2. The van der Waals surface area contributed by atoms with Crippen LogP contribution in [0.25, 0.3) is 0 Å². The number of nitrogen functional groups attached to an aromatic ring is 1. The molecule has 11 heteroatoms. The standard InChI is InChI=1S/C20H20F4N4O3/c1-11(13-3-2-4-15(9-13)31-20(23,24)19(21)22)27-16(29)10-17(30)28-14-7-5-12(6-8-14)18(25)26/h2-9,11,19H,10H2,1H3,(H3,25,26)(H,27,29)(H,28,30)/t11-/m0/s1. The molecule has 0 bridgehead atoms. The third kappa shape index (κ3) is 6.98. The number of hydrogen-bond donors (Lipinski definition) is 4. The van der Waals surface area contributed by atoms with Crippen molar-refractivity contribution in [3.63, 3.8) is 0 Å². The van der Waals surface area contributed by atoms with Gasteiger partial charge in [-0.2, -0.15) is 17.6 Å². The molecule has 1 atom stereocenters. The fourth-order valence-corrected chi connectivity index (χ4v) is 2.51. The molecule has 0 fully saturated rings. The first kappa shape index (κ1) is 23.6. The summed E-state index contributed by atoms with van der Waals surface area (Å²) in [4.78, 5) is 24.1. The van der Waals surface area contributed by atoms with Crippen LogP contribution in [-0.4, -0.2) is 30.2 Å². The number of amidine groups is 1. The van der Waals surface area contributed by atoms with E-state index in [1.165, 1.54) is 43.3 Å². The Bertz CT molecular complexity index is 952. The monoisotopic (exact) mass is 440 g/mol. The van der Waals surface area contributed by atoms with Crippen molar-refractivity contribution in [1.82, 2.24) is 5.32 Å². The summed E-state index contributed by atoms with van der Waals surface area (Å²) >= 11 is 0. The van der Waals surface area contributed by atoms with E-state index in [2.05, 4.69) is 15.4 Å². The van der Waals surface area contributed by atoms with Crippen molar-refractivity contribution in [2.45, 2.75) is 31.9 Å². The molecule has 0 unspecified atom stereocenters. The zero-order valence-electron chi connectivity index (χ0n) is 16.3. The summed E-state index contributed by atoms with van der Waals surface area (Å²) < 4.78 is 54.7. The number of rotatable bonds is 9. The van der Waals surface area contributed by atoms with Gasteiger partial charge in [0.15, 0.2) is 0 Å². The molecule has 5 N–H and O–H groups in total. The second kappa shape index (κ2) is 9.92. The summed E-state index contributed by atoms with van der Waals surface area (Å²) in [5.41, 5.74) is 6.54. The van der Waals surface area contributed by atoms with Crippen LogP contribution in [0.5, 0.6) is 5.75 Å². The molecule has 0 saturated carbocycles. The van der Waals surface area contributed by atoms with Gasteiger partial charge in [0.25, 0.3) is 0 Å². The molecule has 0 aliphatic heterocycles. The summed E-state index contributed by atoms with van der Waals surface area (Å²) in [5.74, 6) is -1.86. The molecule has 0 saturated heterocycles. The van der Waals surface area contributed by atoms with E-state index in [1.54, 1.807) is 0 Å². The summed E-state index contributed by atoms with van der Waals surface area (Å²) in [6, 6.07) is 10.4. The molecule has 0 aliphatic carbocycles. The van der Waals surface area contributed by atoms with Crippen LogP contribution in [0, 0.1) is 5.41 Å². The van der Waals surface area contributed by atoms with Crippen LogP contribution in [0.4, 0.5) is 23.2 Å². The van der Waals surface area contributed by atoms with Crippen molar-refractivity contribution in [1.29, 1.82) is 5.41 Å². The van der Waals surface area contributed by atoms with Gasteiger partial charge in [-0.3, -0.25) is 15.0 Å². The van der Waals surface area contributed by atoms with Crippen molar-refractivity contribution in [3.8, 4) is 5.75 Å². The Balaban J connectivity index is 1.92. The van der Waals surface area contributed by atoms with Crippen molar-refractivity contribution in [2.24, 2.45) is 5.73 Å². The highest BCUT2D eigenvalue weighted by molar-refractivity contribution is 6.04. The van der Waals surface area contributed by atoms with Gasteiger partial charge in [-0.15, -0.1) is 0 Å². The maximum Gasteiger partial charge on any atom is 0.461 e. The summed E-state index contributed by atoms with van der Waals surface area (Å²) in [7, 11) is 0. The zero-order valence-corrected chi connectivity index (χ0v) is 16.3. The van der Waals surface area contributed by atoms with Gasteiger partial charge in [0.1, 0.15) is 18.0 Å². The maximum absolute atomic E-state index is 13.1. The third-order valence-electron chi connectivity index (χ3n) is 4.04. The predicted octanol–water partition coefficient (Wildman–Crippen LogP) is 3.41. The van der Waals surface area contributed by atoms with Gasteiger partial charge in [0, 0.05) is 11.3 Å². The smallest absolute Gasteiger partial charge is 0.428 e. The highest BCUT2D eigenvalue weighted by Crippen LogP contribution is 2.29. The lowest BCUT2D eigenvalue weighted by atomic mass is 10.1. The first-order valence-corrected chi connectivity index (χ1v) is 8.96. The normalized spacial score (nSPS) is 12.2. The van der Waals surface area contributed by atoms with E-state index in [0.717, 1.165) is 12.1 Å². The fraction of sp³-hybridized carbons (Fsp3) is 0.250. The van der Waals surface area contributed by atoms with Crippen molar-refractivity contribution in [2.75, 3.05) is 5.32 Å². The number of ether oxygens (including phenoxy) is 1. The number of benzene rings is 2. The van der Waals surface area contributed by atoms with Gasteiger partial charge in [-0.05, 0) is 48.9 Å². The molecule has 0 radical (unpaired) electrons. The lowest BCUT2D eigenvalue weighted by Crippen LogP contribution is -2.33. The molecule has 31 heavy (non-hydrogen) atoms. The minimum Gasteiger partial charge on any atom is -0.428 e. The molecule has 0 aliphatic rings. The Morgan fingerprint density at radius 3 is 2.35 bits per heavy atom. The lowest BCUT2D eigenvalue weighted by Gasteiger charge is -2.19. The number of nitrogens with two attached hydrogens (primary N) is 1. The Labute approximate surface area is 175 Å². The molecule has 7 nitrogen and oxygen atoms in total. The van der Waals surface area contributed by atoms with Crippen LogP contribution in [0.3, 0.4) is 0 Å². The minimum atomic E-state index is -4.65. The van der Waals surface area contributed by atoms with E-state index in [4.69, 9.17) is 11.1 Å². The number of carbonyl (C=O) groups excluding carboxylic acids is 2. The first-order chi connectivity index (χ1) is 14.5. The van der Waals surface area contributed by atoms with Crippen molar-refractivity contribution < 1.29 is 31.9 Å². The van der Waals surface area contributed by atoms with E-state index in [9.17, 15) is 27.2 Å². The molecular weight excluding hydrogens is 420 g/mol. The molecule has 2 aromatic rings. The zero-order chi connectivity index (χ0) is 23.2. The van der Waals surface area contributed by atoms with Crippen LogP contribution < -0.4 is 21.1 Å². The SMILES string of the molecule is C[C@H](NC(=O)CC(=O)Nc1ccc(C(=N)N)cc1)c1cccc(OC(F)(F)C(F)F)c1. The van der Waals surface area contributed by atoms with Gasteiger partial charge in [0.2, 0.25) is 11.8 Å². The van der Waals surface area contributed by atoms with Crippen LogP contribution in [0.15, 0.2) is 48.5 Å². The highest BCUT2D eigenvalue weighted by atomic mass is 19.3. The van der Waals surface area contributed by atoms with Gasteiger partial charge in [-0.1, -0.05) is 12.1 Å². The number of hydrogen-bond acceptors (Lipinski definition) is 4. The van der Waals surface area contributed by atoms with E-state index in [0.29, 0.717) is 16.8 Å². The number of amides is 2. The average Bonchev–Trinajstić information content (AvgIpc) is 2.67. The third-order valence-corrected chi connectivity index (χ3v) is 4.04. The van der Waals surface area contributed by atoms with Crippen LogP contribution in [0.2, 0.25) is 0 Å². The maximum atomic E-state index is 13.1. The van der Waals surface area contributed by atoms with E-state index >= 15 is 0 Å². The molecule has 166 valence electrons. The van der Waals surface area contributed by atoms with Crippen molar-refractivity contribution >= 4 is 23.3 Å². The molecule has 0 heterocycles. The topological polar surface area (TPSA) is 117 Å². The van der Waals surface area contributed by atoms with Gasteiger partial charge >= 0.3 is 12.5 Å². The quantitative estimate of drug-likeness (QED) is 0.207.